The molecule has 108 valence electrons. The van der Waals surface area contributed by atoms with E-state index in [0.29, 0.717) is 12.3 Å². The highest BCUT2D eigenvalue weighted by molar-refractivity contribution is 5.97. The fraction of sp³-hybridized carbons (Fsp3) is 0.533. The lowest BCUT2D eigenvalue weighted by Crippen LogP contribution is -2.45. The van der Waals surface area contributed by atoms with Crippen LogP contribution in [0, 0.1) is 0 Å². The smallest absolute Gasteiger partial charge is 0.268 e. The van der Waals surface area contributed by atoms with E-state index in [4.69, 9.17) is 4.74 Å². The number of hydrogen-bond acceptors (Lipinski definition) is 2. The van der Waals surface area contributed by atoms with Gasteiger partial charge in [0.05, 0.1) is 16.6 Å². The van der Waals surface area contributed by atoms with Crippen LogP contribution in [-0.4, -0.2) is 33.7 Å². The number of H-pyrrole nitrogens is 1. The molecule has 1 saturated heterocycles. The first-order valence-corrected chi connectivity index (χ1v) is 7.03. The van der Waals surface area contributed by atoms with Crippen molar-refractivity contribution in [3.63, 3.8) is 0 Å². The molecule has 1 amide bonds. The Bertz CT molecular complexity index is 639. The third-order valence-corrected chi connectivity index (χ3v) is 3.95. The minimum absolute atomic E-state index is 0.0381. The van der Waals surface area contributed by atoms with Crippen LogP contribution in [0.3, 0.4) is 0 Å². The summed E-state index contributed by atoms with van der Waals surface area (Å²) in [5.74, 6) is -0.0381. The minimum atomic E-state index is -0.156. The van der Waals surface area contributed by atoms with E-state index in [0.717, 1.165) is 23.9 Å². The average Bonchev–Trinajstić information content (AvgIpc) is 2.91. The quantitative estimate of drug-likeness (QED) is 0.882. The van der Waals surface area contributed by atoms with E-state index in [1.54, 1.807) is 0 Å². The summed E-state index contributed by atoms with van der Waals surface area (Å²) in [6.07, 6.45) is 3.69. The molecule has 1 aliphatic heterocycles. The van der Waals surface area contributed by atoms with Crippen LogP contribution in [-0.2, 0) is 11.8 Å². The zero-order chi connectivity index (χ0) is 14.3. The lowest BCUT2D eigenvalue weighted by Gasteiger charge is -2.35. The van der Waals surface area contributed by atoms with Crippen molar-refractivity contribution in [2.45, 2.75) is 38.3 Å². The molecule has 0 bridgehead atoms. The van der Waals surface area contributed by atoms with E-state index in [2.05, 4.69) is 24.1 Å². The Kier molecular flexibility index (Phi) is 3.09. The topological polar surface area (TPSA) is 59.0 Å². The number of nitrogens with one attached hydrogen (secondary N) is 2. The highest BCUT2D eigenvalue weighted by Gasteiger charge is 2.30. The number of aryl methyl sites for hydroxylation is 1. The fourth-order valence-electron chi connectivity index (χ4n) is 2.89. The van der Waals surface area contributed by atoms with Crippen molar-refractivity contribution in [2.75, 3.05) is 6.61 Å². The molecule has 0 spiro atoms. The number of rotatable bonds is 2. The highest BCUT2D eigenvalue weighted by atomic mass is 16.5. The van der Waals surface area contributed by atoms with Crippen molar-refractivity contribution >= 4 is 16.9 Å². The van der Waals surface area contributed by atoms with Gasteiger partial charge >= 0.3 is 0 Å². The summed E-state index contributed by atoms with van der Waals surface area (Å²) in [4.78, 5) is 15.5. The molecule has 0 saturated carbocycles. The molecule has 2 aromatic heterocycles. The maximum absolute atomic E-state index is 12.3. The van der Waals surface area contributed by atoms with Crippen LogP contribution in [0.5, 0.6) is 0 Å². The summed E-state index contributed by atoms with van der Waals surface area (Å²) in [5, 5.41) is 3.10. The summed E-state index contributed by atoms with van der Waals surface area (Å²) in [6, 6.07) is 4.05. The number of amides is 1. The lowest BCUT2D eigenvalue weighted by atomic mass is 9.94. The van der Waals surface area contributed by atoms with Gasteiger partial charge in [0.1, 0.15) is 5.69 Å². The van der Waals surface area contributed by atoms with Crippen molar-refractivity contribution in [2.24, 2.45) is 7.05 Å². The maximum Gasteiger partial charge on any atom is 0.268 e. The van der Waals surface area contributed by atoms with Crippen LogP contribution in [0.2, 0.25) is 0 Å². The van der Waals surface area contributed by atoms with Gasteiger partial charge in [-0.1, -0.05) is 0 Å². The Morgan fingerprint density at radius 2 is 2.35 bits per heavy atom. The lowest BCUT2D eigenvalue weighted by molar-refractivity contribution is -0.0615. The van der Waals surface area contributed by atoms with E-state index >= 15 is 0 Å². The van der Waals surface area contributed by atoms with Gasteiger partial charge in [-0.25, -0.2) is 0 Å². The number of nitrogens with zero attached hydrogens (tertiary/aromatic N) is 1. The predicted octanol–water partition coefficient (Wildman–Crippen LogP) is 2.19. The van der Waals surface area contributed by atoms with Crippen LogP contribution >= 0.6 is 0 Å². The monoisotopic (exact) mass is 275 g/mol. The standard InChI is InChI=1S/C15H21N3O2/c1-15(2)9-10(5-7-20-15)16-14(19)12-8-13-11(17-12)4-6-18(13)3/h4,6,8,10,17H,5,7,9H2,1-3H3,(H,16,19). The summed E-state index contributed by atoms with van der Waals surface area (Å²) in [5.41, 5.74) is 2.50. The number of aromatic amines is 1. The third kappa shape index (κ3) is 2.45. The Balaban J connectivity index is 1.72. The molecule has 3 heterocycles. The van der Waals surface area contributed by atoms with Gasteiger partial charge in [-0.15, -0.1) is 0 Å². The van der Waals surface area contributed by atoms with Crippen LogP contribution in [0.1, 0.15) is 37.2 Å². The normalized spacial score (nSPS) is 22.1. The van der Waals surface area contributed by atoms with E-state index in [-0.39, 0.29) is 17.6 Å². The van der Waals surface area contributed by atoms with Crippen molar-refractivity contribution in [1.82, 2.24) is 14.9 Å². The zero-order valence-corrected chi connectivity index (χ0v) is 12.2. The number of carbonyl (C=O) groups is 1. The SMILES string of the molecule is Cn1ccc2[nH]c(C(=O)NC3CCOC(C)(C)C3)cc21. The second kappa shape index (κ2) is 4.66. The van der Waals surface area contributed by atoms with Crippen LogP contribution in [0.15, 0.2) is 18.3 Å². The molecular weight excluding hydrogens is 254 g/mol. The van der Waals surface area contributed by atoms with E-state index in [1.807, 2.05) is 29.9 Å². The minimum Gasteiger partial charge on any atom is -0.375 e. The molecule has 0 aliphatic carbocycles. The summed E-state index contributed by atoms with van der Waals surface area (Å²) >= 11 is 0. The Hall–Kier alpha value is -1.75. The van der Waals surface area contributed by atoms with Crippen molar-refractivity contribution in [3.05, 3.63) is 24.0 Å². The molecule has 0 radical (unpaired) electrons. The van der Waals surface area contributed by atoms with E-state index in [1.165, 1.54) is 0 Å². The fourth-order valence-corrected chi connectivity index (χ4v) is 2.89. The number of carbonyl (C=O) groups excluding carboxylic acids is 1. The maximum atomic E-state index is 12.3. The van der Waals surface area contributed by atoms with Crippen LogP contribution in [0.4, 0.5) is 0 Å². The summed E-state index contributed by atoms with van der Waals surface area (Å²) < 4.78 is 7.67. The highest BCUT2D eigenvalue weighted by Crippen LogP contribution is 2.24. The first-order valence-electron chi connectivity index (χ1n) is 7.03. The molecule has 1 unspecified atom stereocenters. The van der Waals surface area contributed by atoms with Crippen LogP contribution < -0.4 is 5.32 Å². The number of hydrogen-bond donors (Lipinski definition) is 2. The molecule has 5 heteroatoms. The van der Waals surface area contributed by atoms with Crippen molar-refractivity contribution in [1.29, 1.82) is 0 Å². The van der Waals surface area contributed by atoms with Gasteiger partial charge in [0.2, 0.25) is 0 Å². The van der Waals surface area contributed by atoms with Gasteiger partial charge in [-0.3, -0.25) is 4.79 Å². The number of aromatic nitrogens is 2. The van der Waals surface area contributed by atoms with Gasteiger partial charge in [0.15, 0.2) is 0 Å². The molecule has 1 atom stereocenters. The zero-order valence-electron chi connectivity index (χ0n) is 12.2. The molecular formula is C15H21N3O2. The second-order valence-electron chi connectivity index (χ2n) is 6.18. The van der Waals surface area contributed by atoms with Gasteiger partial charge in [-0.05, 0) is 38.8 Å². The first kappa shape index (κ1) is 13.2. The molecule has 0 aromatic carbocycles. The summed E-state index contributed by atoms with van der Waals surface area (Å²) in [6.45, 7) is 4.83. The van der Waals surface area contributed by atoms with Gasteiger partial charge < -0.3 is 19.6 Å². The third-order valence-electron chi connectivity index (χ3n) is 3.95. The van der Waals surface area contributed by atoms with Crippen molar-refractivity contribution < 1.29 is 9.53 Å². The molecule has 2 N–H and O–H groups in total. The van der Waals surface area contributed by atoms with Crippen LogP contribution in [0.25, 0.3) is 11.0 Å². The Morgan fingerprint density at radius 1 is 1.55 bits per heavy atom. The van der Waals surface area contributed by atoms with Gasteiger partial charge in [-0.2, -0.15) is 0 Å². The Morgan fingerprint density at radius 3 is 3.05 bits per heavy atom. The Labute approximate surface area is 118 Å². The number of ether oxygens (including phenoxy) is 1. The van der Waals surface area contributed by atoms with E-state index in [9.17, 15) is 4.79 Å². The first-order chi connectivity index (χ1) is 9.44. The number of fused-ring (bicyclic) bond motifs is 1. The summed E-state index contributed by atoms with van der Waals surface area (Å²) in [7, 11) is 1.97. The van der Waals surface area contributed by atoms with E-state index < -0.39 is 0 Å². The molecule has 5 nitrogen and oxygen atoms in total. The van der Waals surface area contributed by atoms with Crippen molar-refractivity contribution in [3.8, 4) is 0 Å². The average molecular weight is 275 g/mol. The largest absolute Gasteiger partial charge is 0.375 e. The van der Waals surface area contributed by atoms with Gasteiger partial charge in [0.25, 0.3) is 5.91 Å². The predicted molar refractivity (Wildman–Crippen MR) is 77.8 cm³/mol. The second-order valence-corrected chi connectivity index (χ2v) is 6.18. The molecule has 2 aromatic rings. The molecule has 1 fully saturated rings. The molecule has 3 rings (SSSR count). The molecule has 1 aliphatic rings. The molecule has 20 heavy (non-hydrogen) atoms. The van der Waals surface area contributed by atoms with Gasteiger partial charge in [0, 0.05) is 25.9 Å².